The van der Waals surface area contributed by atoms with Crippen LogP contribution < -0.4 is 11.1 Å². The molecule has 0 spiro atoms. The van der Waals surface area contributed by atoms with Gasteiger partial charge in [0.15, 0.2) is 0 Å². The largest absolute Gasteiger partial charge is 0.468 e. The number of nitrogens with zero attached hydrogens (tertiary/aromatic N) is 1. The van der Waals surface area contributed by atoms with Gasteiger partial charge < -0.3 is 20.7 Å². The second kappa shape index (κ2) is 6.44. The van der Waals surface area contributed by atoms with E-state index < -0.39 is 0 Å². The fourth-order valence-electron chi connectivity index (χ4n) is 1.75. The van der Waals surface area contributed by atoms with Crippen molar-refractivity contribution in [3.8, 4) is 0 Å². The first-order valence-electron chi connectivity index (χ1n) is 6.22. The molecule has 4 N–H and O–H groups in total. The van der Waals surface area contributed by atoms with Crippen LogP contribution in [0.5, 0.6) is 0 Å². The van der Waals surface area contributed by atoms with Crippen molar-refractivity contribution in [2.24, 2.45) is 16.3 Å². The van der Waals surface area contributed by atoms with Crippen LogP contribution in [0, 0.1) is 5.41 Å². The minimum absolute atomic E-state index is 0.201. The van der Waals surface area contributed by atoms with Crippen LogP contribution in [0.25, 0.3) is 0 Å². The predicted molar refractivity (Wildman–Crippen MR) is 71.5 cm³/mol. The predicted octanol–water partition coefficient (Wildman–Crippen LogP) is 2.48. The Hall–Kier alpha value is -1.49. The van der Waals surface area contributed by atoms with Gasteiger partial charge in [0.1, 0.15) is 11.6 Å². The molecule has 1 atom stereocenters. The molecule has 0 bridgehead atoms. The summed E-state index contributed by atoms with van der Waals surface area (Å²) >= 11 is 0. The lowest BCUT2D eigenvalue weighted by molar-refractivity contribution is 0.304. The zero-order chi connectivity index (χ0) is 13.6. The van der Waals surface area contributed by atoms with Gasteiger partial charge in [0.05, 0.1) is 12.3 Å². The topological polar surface area (TPSA) is 83.8 Å². The highest BCUT2D eigenvalue weighted by Gasteiger charge is 2.22. The van der Waals surface area contributed by atoms with E-state index in [4.69, 9.17) is 15.4 Å². The minimum atomic E-state index is -0.273. The molecule has 1 heterocycles. The average molecular weight is 253 g/mol. The van der Waals surface area contributed by atoms with Crippen LogP contribution in [0.4, 0.5) is 0 Å². The van der Waals surface area contributed by atoms with Gasteiger partial charge in [-0.1, -0.05) is 19.0 Å². The zero-order valence-corrected chi connectivity index (χ0v) is 11.3. The van der Waals surface area contributed by atoms with Gasteiger partial charge in [-0.3, -0.25) is 0 Å². The van der Waals surface area contributed by atoms with Gasteiger partial charge in [-0.2, -0.15) is 0 Å². The molecule has 0 aliphatic carbocycles. The van der Waals surface area contributed by atoms with Gasteiger partial charge in [0, 0.05) is 5.41 Å². The maximum atomic E-state index is 8.68. The third kappa shape index (κ3) is 4.07. The minimum Gasteiger partial charge on any atom is -0.468 e. The van der Waals surface area contributed by atoms with E-state index in [-0.39, 0.29) is 17.3 Å². The van der Waals surface area contributed by atoms with Gasteiger partial charge >= 0.3 is 0 Å². The fourth-order valence-corrected chi connectivity index (χ4v) is 1.75. The number of nitrogens with one attached hydrogen (secondary N) is 1. The SMILES string of the molecule is CC(NCCCC(C)(C)C(N)=NO)c1ccco1. The Kier molecular flexibility index (Phi) is 5.22. The van der Waals surface area contributed by atoms with Crippen LogP contribution in [-0.4, -0.2) is 17.6 Å². The van der Waals surface area contributed by atoms with Crippen molar-refractivity contribution < 1.29 is 9.62 Å². The van der Waals surface area contributed by atoms with Crippen molar-refractivity contribution in [1.82, 2.24) is 5.32 Å². The Morgan fingerprint density at radius 3 is 2.89 bits per heavy atom. The summed E-state index contributed by atoms with van der Waals surface area (Å²) in [4.78, 5) is 0. The maximum Gasteiger partial charge on any atom is 0.144 e. The number of oxime groups is 1. The quantitative estimate of drug-likeness (QED) is 0.229. The number of hydrogen-bond donors (Lipinski definition) is 3. The highest BCUT2D eigenvalue weighted by molar-refractivity contribution is 5.85. The number of amidine groups is 1. The Morgan fingerprint density at radius 1 is 1.61 bits per heavy atom. The summed E-state index contributed by atoms with van der Waals surface area (Å²) in [7, 11) is 0. The third-order valence-corrected chi connectivity index (χ3v) is 3.20. The second-order valence-corrected chi connectivity index (χ2v) is 5.16. The third-order valence-electron chi connectivity index (χ3n) is 3.20. The molecule has 0 amide bonds. The molecule has 0 saturated carbocycles. The summed E-state index contributed by atoms with van der Waals surface area (Å²) < 4.78 is 5.31. The fraction of sp³-hybridized carbons (Fsp3) is 0.615. The van der Waals surface area contributed by atoms with E-state index in [2.05, 4.69) is 17.4 Å². The van der Waals surface area contributed by atoms with E-state index in [1.54, 1.807) is 6.26 Å². The Bertz CT molecular complexity index is 372. The summed E-state index contributed by atoms with van der Waals surface area (Å²) in [5.41, 5.74) is 5.36. The second-order valence-electron chi connectivity index (χ2n) is 5.16. The van der Waals surface area contributed by atoms with Crippen molar-refractivity contribution in [2.75, 3.05) is 6.54 Å². The Labute approximate surface area is 108 Å². The Balaban J connectivity index is 2.27. The number of nitrogens with two attached hydrogens (primary N) is 1. The van der Waals surface area contributed by atoms with Crippen LogP contribution in [0.1, 0.15) is 45.4 Å². The first-order chi connectivity index (χ1) is 8.47. The maximum absolute atomic E-state index is 8.68. The van der Waals surface area contributed by atoms with Crippen LogP contribution in [0.3, 0.4) is 0 Å². The monoisotopic (exact) mass is 253 g/mol. The summed E-state index contributed by atoms with van der Waals surface area (Å²) in [5.74, 6) is 1.22. The lowest BCUT2D eigenvalue weighted by atomic mass is 9.86. The van der Waals surface area contributed by atoms with Crippen LogP contribution in [0.2, 0.25) is 0 Å². The lowest BCUT2D eigenvalue weighted by Gasteiger charge is -2.23. The molecular formula is C13H23N3O2. The van der Waals surface area contributed by atoms with E-state index in [9.17, 15) is 0 Å². The van der Waals surface area contributed by atoms with Crippen molar-refractivity contribution in [1.29, 1.82) is 0 Å². The number of rotatable bonds is 7. The normalized spacial score (nSPS) is 14.7. The highest BCUT2D eigenvalue weighted by Crippen LogP contribution is 2.22. The highest BCUT2D eigenvalue weighted by atomic mass is 16.4. The number of furan rings is 1. The van der Waals surface area contributed by atoms with Crippen molar-refractivity contribution >= 4 is 5.84 Å². The van der Waals surface area contributed by atoms with Gasteiger partial charge in [-0.15, -0.1) is 0 Å². The van der Waals surface area contributed by atoms with E-state index in [1.165, 1.54) is 0 Å². The van der Waals surface area contributed by atoms with E-state index in [1.807, 2.05) is 26.0 Å². The van der Waals surface area contributed by atoms with Crippen molar-refractivity contribution in [3.63, 3.8) is 0 Å². The molecule has 0 radical (unpaired) electrons. The lowest BCUT2D eigenvalue weighted by Crippen LogP contribution is -2.32. The molecule has 0 aromatic carbocycles. The summed E-state index contributed by atoms with van der Waals surface area (Å²) in [6.45, 7) is 6.87. The van der Waals surface area contributed by atoms with Gasteiger partial charge in [-0.05, 0) is 38.4 Å². The molecule has 1 rings (SSSR count). The molecule has 5 nitrogen and oxygen atoms in total. The summed E-state index contributed by atoms with van der Waals surface area (Å²) in [6.07, 6.45) is 3.49. The smallest absolute Gasteiger partial charge is 0.144 e. The molecule has 102 valence electrons. The van der Waals surface area contributed by atoms with E-state index >= 15 is 0 Å². The molecule has 0 saturated heterocycles. The van der Waals surface area contributed by atoms with Crippen molar-refractivity contribution in [3.05, 3.63) is 24.2 Å². The average Bonchev–Trinajstić information content (AvgIpc) is 2.87. The van der Waals surface area contributed by atoms with Crippen molar-refractivity contribution in [2.45, 2.75) is 39.7 Å². The van der Waals surface area contributed by atoms with Crippen LogP contribution in [0.15, 0.2) is 28.0 Å². The van der Waals surface area contributed by atoms with Crippen LogP contribution in [-0.2, 0) is 0 Å². The molecular weight excluding hydrogens is 230 g/mol. The summed E-state index contributed by atoms with van der Waals surface area (Å²) in [5, 5.41) is 15.1. The molecule has 0 aliphatic rings. The molecule has 18 heavy (non-hydrogen) atoms. The van der Waals surface area contributed by atoms with Crippen LogP contribution >= 0.6 is 0 Å². The summed E-state index contributed by atoms with van der Waals surface area (Å²) in [6, 6.07) is 4.04. The molecule has 0 fully saturated rings. The zero-order valence-electron chi connectivity index (χ0n) is 11.3. The van der Waals surface area contributed by atoms with E-state index in [0.717, 1.165) is 25.1 Å². The first-order valence-corrected chi connectivity index (χ1v) is 6.22. The van der Waals surface area contributed by atoms with Gasteiger partial charge in [0.25, 0.3) is 0 Å². The molecule has 1 aromatic rings. The molecule has 0 aliphatic heterocycles. The first kappa shape index (κ1) is 14.6. The van der Waals surface area contributed by atoms with Gasteiger partial charge in [0.2, 0.25) is 0 Å². The molecule has 1 unspecified atom stereocenters. The number of hydrogen-bond acceptors (Lipinski definition) is 4. The van der Waals surface area contributed by atoms with E-state index in [0.29, 0.717) is 0 Å². The van der Waals surface area contributed by atoms with Gasteiger partial charge in [-0.25, -0.2) is 0 Å². The Morgan fingerprint density at radius 2 is 2.33 bits per heavy atom. The molecule has 1 aromatic heterocycles. The molecule has 5 heteroatoms. The standard InChI is InChI=1S/C13H23N3O2/c1-10(11-6-4-9-18-11)15-8-5-7-13(2,3)12(14)16-17/h4,6,9-10,15,17H,5,7-8H2,1-3H3,(H2,14,16).